The molecule has 0 aliphatic carbocycles. The fourth-order valence-electron chi connectivity index (χ4n) is 2.85. The van der Waals surface area contributed by atoms with Crippen LogP contribution < -0.4 is 0 Å². The van der Waals surface area contributed by atoms with Gasteiger partial charge in [-0.3, -0.25) is 9.97 Å². The van der Waals surface area contributed by atoms with Crippen LogP contribution in [0.5, 0.6) is 0 Å². The summed E-state index contributed by atoms with van der Waals surface area (Å²) in [7, 11) is 0. The average molecular weight is 322 g/mol. The van der Waals surface area contributed by atoms with Gasteiger partial charge in [0.15, 0.2) is 0 Å². The van der Waals surface area contributed by atoms with Gasteiger partial charge in [0.2, 0.25) is 0 Å². The second-order valence-electron chi connectivity index (χ2n) is 5.81. The van der Waals surface area contributed by atoms with Crippen LogP contribution in [0.2, 0.25) is 0 Å². The number of nitriles is 1. The molecule has 0 bridgehead atoms. The van der Waals surface area contributed by atoms with E-state index >= 15 is 0 Å². The first-order valence-electron chi connectivity index (χ1n) is 7.94. The Morgan fingerprint density at radius 3 is 2.64 bits per heavy atom. The first-order valence-corrected chi connectivity index (χ1v) is 7.94. The maximum atomic E-state index is 9.18. The van der Waals surface area contributed by atoms with Crippen molar-refractivity contribution in [3.8, 4) is 28.6 Å². The number of hydrogen-bond acceptors (Lipinski definition) is 4. The van der Waals surface area contributed by atoms with Gasteiger partial charge in [-0.2, -0.15) is 5.26 Å². The number of benzene rings is 2. The number of rotatable bonds is 2. The number of hydrogen-bond donors (Lipinski definition) is 0. The summed E-state index contributed by atoms with van der Waals surface area (Å²) in [6, 6.07) is 19.6. The highest BCUT2D eigenvalue weighted by Crippen LogP contribution is 2.30. The minimum absolute atomic E-state index is 0.606. The highest BCUT2D eigenvalue weighted by molar-refractivity contribution is 5.87. The number of fused-ring (bicyclic) bond motifs is 1. The molecule has 2 aromatic carbocycles. The predicted molar refractivity (Wildman–Crippen MR) is 97.7 cm³/mol. The van der Waals surface area contributed by atoms with E-state index in [-0.39, 0.29) is 0 Å². The van der Waals surface area contributed by atoms with Crippen molar-refractivity contribution in [2.45, 2.75) is 6.92 Å². The molecule has 0 aliphatic rings. The van der Waals surface area contributed by atoms with Crippen molar-refractivity contribution >= 4 is 10.9 Å². The molecule has 4 heteroatoms. The lowest BCUT2D eigenvalue weighted by molar-refractivity contribution is 1.13. The van der Waals surface area contributed by atoms with Gasteiger partial charge < -0.3 is 0 Å². The lowest BCUT2D eigenvalue weighted by atomic mass is 10.0. The van der Waals surface area contributed by atoms with Crippen LogP contribution in [0, 0.1) is 18.3 Å². The van der Waals surface area contributed by atoms with Gasteiger partial charge in [0, 0.05) is 28.9 Å². The van der Waals surface area contributed by atoms with Gasteiger partial charge in [-0.25, -0.2) is 4.98 Å². The number of nitrogens with zero attached hydrogens (tertiary/aromatic N) is 4. The largest absolute Gasteiger partial charge is 0.256 e. The van der Waals surface area contributed by atoms with Crippen LogP contribution in [0.3, 0.4) is 0 Å². The normalized spacial score (nSPS) is 10.6. The second-order valence-corrected chi connectivity index (χ2v) is 5.81. The zero-order chi connectivity index (χ0) is 17.2. The van der Waals surface area contributed by atoms with Crippen LogP contribution >= 0.6 is 0 Å². The molecular formula is C21H14N4. The molecule has 25 heavy (non-hydrogen) atoms. The summed E-state index contributed by atoms with van der Waals surface area (Å²) in [5, 5.41) is 10.2. The third kappa shape index (κ3) is 2.84. The van der Waals surface area contributed by atoms with Crippen molar-refractivity contribution in [1.29, 1.82) is 5.26 Å². The van der Waals surface area contributed by atoms with Crippen molar-refractivity contribution in [3.05, 3.63) is 78.2 Å². The average Bonchev–Trinajstić information content (AvgIpc) is 2.67. The second kappa shape index (κ2) is 6.14. The predicted octanol–water partition coefficient (Wildman–Crippen LogP) is 4.54. The molecule has 0 amide bonds. The first kappa shape index (κ1) is 15.0. The van der Waals surface area contributed by atoms with Gasteiger partial charge in [-0.15, -0.1) is 0 Å². The van der Waals surface area contributed by atoms with Crippen LogP contribution in [-0.2, 0) is 0 Å². The summed E-state index contributed by atoms with van der Waals surface area (Å²) in [6.45, 7) is 1.92. The van der Waals surface area contributed by atoms with Crippen LogP contribution in [0.25, 0.3) is 33.4 Å². The van der Waals surface area contributed by atoms with E-state index in [4.69, 9.17) is 0 Å². The number of aromatic nitrogens is 3. The highest BCUT2D eigenvalue weighted by atomic mass is 14.8. The topological polar surface area (TPSA) is 62.5 Å². The Morgan fingerprint density at radius 2 is 1.76 bits per heavy atom. The lowest BCUT2D eigenvalue weighted by Gasteiger charge is -2.10. The molecule has 0 fully saturated rings. The Bertz CT molecular complexity index is 1130. The van der Waals surface area contributed by atoms with E-state index < -0.39 is 0 Å². The van der Waals surface area contributed by atoms with Gasteiger partial charge in [0.25, 0.3) is 0 Å². The molecule has 0 atom stereocenters. The Kier molecular flexibility index (Phi) is 3.68. The molecule has 2 heterocycles. The third-order valence-corrected chi connectivity index (χ3v) is 4.03. The zero-order valence-corrected chi connectivity index (χ0v) is 13.6. The minimum Gasteiger partial charge on any atom is -0.256 e. The molecule has 2 aromatic heterocycles. The van der Waals surface area contributed by atoms with E-state index in [1.54, 1.807) is 18.5 Å². The Hall–Kier alpha value is -3.58. The van der Waals surface area contributed by atoms with E-state index in [1.165, 1.54) is 0 Å². The fraction of sp³-hybridized carbons (Fsp3) is 0.0476. The van der Waals surface area contributed by atoms with E-state index in [0.717, 1.165) is 39.1 Å². The molecule has 0 saturated heterocycles. The van der Waals surface area contributed by atoms with Crippen molar-refractivity contribution in [2.75, 3.05) is 0 Å². The van der Waals surface area contributed by atoms with Crippen molar-refractivity contribution in [2.24, 2.45) is 0 Å². The minimum atomic E-state index is 0.606. The van der Waals surface area contributed by atoms with Gasteiger partial charge in [0.1, 0.15) is 0 Å². The van der Waals surface area contributed by atoms with E-state index in [2.05, 4.69) is 27.1 Å². The van der Waals surface area contributed by atoms with E-state index in [1.807, 2.05) is 49.4 Å². The summed E-state index contributed by atoms with van der Waals surface area (Å²) in [6.07, 6.45) is 3.55. The standard InChI is InChI=1S/C21H14N4/c1-14-13-24-20(18-7-8-19-16(11-18)6-3-9-23-19)21(25-14)17-5-2-4-15(10-17)12-22/h2-11,13H,1H3. The summed E-state index contributed by atoms with van der Waals surface area (Å²) in [5.41, 5.74) is 5.83. The SMILES string of the molecule is Cc1cnc(-c2ccc3ncccc3c2)c(-c2cccc(C#N)c2)n1. The fourth-order valence-corrected chi connectivity index (χ4v) is 2.85. The molecule has 0 unspecified atom stereocenters. The first-order chi connectivity index (χ1) is 12.2. The summed E-state index contributed by atoms with van der Waals surface area (Å²) < 4.78 is 0. The van der Waals surface area contributed by atoms with Crippen LogP contribution in [-0.4, -0.2) is 15.0 Å². The molecule has 0 N–H and O–H groups in total. The monoisotopic (exact) mass is 322 g/mol. The lowest BCUT2D eigenvalue weighted by Crippen LogP contribution is -1.96. The molecule has 4 rings (SSSR count). The molecule has 0 aliphatic heterocycles. The van der Waals surface area contributed by atoms with Gasteiger partial charge in [-0.05, 0) is 37.3 Å². The summed E-state index contributed by atoms with van der Waals surface area (Å²) in [5.74, 6) is 0. The summed E-state index contributed by atoms with van der Waals surface area (Å²) >= 11 is 0. The number of aryl methyl sites for hydroxylation is 1. The molecule has 0 spiro atoms. The zero-order valence-electron chi connectivity index (χ0n) is 13.6. The highest BCUT2D eigenvalue weighted by Gasteiger charge is 2.12. The molecule has 4 aromatic rings. The van der Waals surface area contributed by atoms with Crippen LogP contribution in [0.1, 0.15) is 11.3 Å². The maximum Gasteiger partial charge on any atom is 0.0991 e. The smallest absolute Gasteiger partial charge is 0.0991 e. The molecule has 4 nitrogen and oxygen atoms in total. The van der Waals surface area contributed by atoms with Crippen LogP contribution in [0.4, 0.5) is 0 Å². The third-order valence-electron chi connectivity index (χ3n) is 4.03. The summed E-state index contributed by atoms with van der Waals surface area (Å²) in [4.78, 5) is 13.7. The Labute approximate surface area is 145 Å². The quantitative estimate of drug-likeness (QED) is 0.543. The van der Waals surface area contributed by atoms with Gasteiger partial charge in [0.05, 0.1) is 34.2 Å². The maximum absolute atomic E-state index is 9.18. The van der Waals surface area contributed by atoms with Crippen LogP contribution in [0.15, 0.2) is 67.0 Å². The van der Waals surface area contributed by atoms with Crippen molar-refractivity contribution in [1.82, 2.24) is 15.0 Å². The van der Waals surface area contributed by atoms with E-state index in [0.29, 0.717) is 5.56 Å². The van der Waals surface area contributed by atoms with Gasteiger partial charge in [-0.1, -0.05) is 24.3 Å². The molecule has 118 valence electrons. The van der Waals surface area contributed by atoms with E-state index in [9.17, 15) is 5.26 Å². The molecule has 0 saturated carbocycles. The number of pyridine rings is 1. The Balaban J connectivity index is 1.93. The van der Waals surface area contributed by atoms with Crippen molar-refractivity contribution in [3.63, 3.8) is 0 Å². The van der Waals surface area contributed by atoms with Gasteiger partial charge >= 0.3 is 0 Å². The Morgan fingerprint density at radius 1 is 0.880 bits per heavy atom. The van der Waals surface area contributed by atoms with Crippen molar-refractivity contribution < 1.29 is 0 Å². The molecular weight excluding hydrogens is 308 g/mol. The molecule has 0 radical (unpaired) electrons.